The molecule has 1 N–H and O–H groups in total. The lowest BCUT2D eigenvalue weighted by atomic mass is 10.3. The molecule has 0 amide bonds. The molecule has 6 nitrogen and oxygen atoms in total. The van der Waals surface area contributed by atoms with E-state index in [0.29, 0.717) is 13.2 Å². The Morgan fingerprint density at radius 3 is 2.83 bits per heavy atom. The Morgan fingerprint density at radius 2 is 2.28 bits per heavy atom. The summed E-state index contributed by atoms with van der Waals surface area (Å²) >= 11 is 2.01. The van der Waals surface area contributed by atoms with E-state index in [0.717, 1.165) is 9.26 Å². The monoisotopic (exact) mass is 364 g/mol. The van der Waals surface area contributed by atoms with Crippen molar-refractivity contribution in [1.29, 1.82) is 0 Å². The minimum Gasteiger partial charge on any atom is -0.466 e. The number of nitrogens with one attached hydrogen (secondary N) is 1. The number of esters is 1. The second-order valence-electron chi connectivity index (χ2n) is 3.40. The number of benzene rings is 1. The second kappa shape index (κ2) is 7.14. The van der Waals surface area contributed by atoms with Crippen LogP contribution in [0.4, 0.5) is 11.4 Å². The predicted octanol–water partition coefficient (Wildman–Crippen LogP) is 2.56. The van der Waals surface area contributed by atoms with Crippen molar-refractivity contribution >= 4 is 39.9 Å². The lowest BCUT2D eigenvalue weighted by Gasteiger charge is -2.08. The zero-order chi connectivity index (χ0) is 13.5. The van der Waals surface area contributed by atoms with E-state index < -0.39 is 4.92 Å². The van der Waals surface area contributed by atoms with Crippen LogP contribution in [-0.4, -0.2) is 24.0 Å². The second-order valence-corrected chi connectivity index (χ2v) is 4.57. The quantitative estimate of drug-likeness (QED) is 0.363. The molecular formula is C11H13IN2O4. The summed E-state index contributed by atoms with van der Waals surface area (Å²) in [5.41, 5.74) is 0.820. The first-order chi connectivity index (χ1) is 8.54. The summed E-state index contributed by atoms with van der Waals surface area (Å²) in [6, 6.07) is 4.53. The van der Waals surface area contributed by atoms with Gasteiger partial charge in [0.05, 0.1) is 18.0 Å². The molecule has 0 aliphatic carbocycles. The number of nitrogens with zero attached hydrogens (tertiary/aromatic N) is 1. The van der Waals surface area contributed by atoms with Crippen LogP contribution in [0, 0.1) is 13.7 Å². The number of carbonyl (C=O) groups excluding carboxylic acids is 1. The van der Waals surface area contributed by atoms with E-state index in [1.54, 1.807) is 13.0 Å². The molecule has 1 rings (SSSR count). The summed E-state index contributed by atoms with van der Waals surface area (Å²) in [6.07, 6.45) is 0.265. The Bertz CT molecular complexity index is 451. The molecule has 0 heterocycles. The van der Waals surface area contributed by atoms with Crippen molar-refractivity contribution in [2.75, 3.05) is 18.5 Å². The van der Waals surface area contributed by atoms with Crippen LogP contribution < -0.4 is 5.32 Å². The summed E-state index contributed by atoms with van der Waals surface area (Å²) in [6.45, 7) is 2.56. The van der Waals surface area contributed by atoms with Crippen molar-refractivity contribution in [3.63, 3.8) is 0 Å². The Hall–Kier alpha value is -1.38. The molecule has 1 aromatic rings. The molecule has 0 unspecified atom stereocenters. The van der Waals surface area contributed by atoms with Crippen molar-refractivity contribution in [3.8, 4) is 0 Å². The third kappa shape index (κ3) is 4.47. The number of hydrogen-bond acceptors (Lipinski definition) is 5. The average Bonchev–Trinajstić information content (AvgIpc) is 2.31. The topological polar surface area (TPSA) is 81.5 Å². The normalized spacial score (nSPS) is 9.89. The maximum Gasteiger partial charge on any atom is 0.307 e. The van der Waals surface area contributed by atoms with Crippen LogP contribution in [0.5, 0.6) is 0 Å². The molecule has 98 valence electrons. The summed E-state index contributed by atoms with van der Waals surface area (Å²) in [5, 5.41) is 13.6. The van der Waals surface area contributed by atoms with Gasteiger partial charge in [0.1, 0.15) is 0 Å². The van der Waals surface area contributed by atoms with Crippen LogP contribution in [0.3, 0.4) is 0 Å². The van der Waals surface area contributed by atoms with Gasteiger partial charge >= 0.3 is 5.97 Å². The number of carbonyl (C=O) groups is 1. The van der Waals surface area contributed by atoms with Crippen LogP contribution in [0.1, 0.15) is 13.3 Å². The van der Waals surface area contributed by atoms with Crippen LogP contribution in [-0.2, 0) is 9.53 Å². The van der Waals surface area contributed by atoms with Crippen molar-refractivity contribution in [2.24, 2.45) is 0 Å². The molecule has 0 aliphatic rings. The van der Waals surface area contributed by atoms with E-state index >= 15 is 0 Å². The number of ether oxygens (including phenoxy) is 1. The SMILES string of the molecule is CCOC(=O)CCNc1ccc([N+](=O)[O-])cc1I. The molecule has 0 atom stereocenters. The number of anilines is 1. The molecule has 7 heteroatoms. The molecular weight excluding hydrogens is 351 g/mol. The lowest BCUT2D eigenvalue weighted by Crippen LogP contribution is -2.11. The smallest absolute Gasteiger partial charge is 0.307 e. The van der Waals surface area contributed by atoms with Crippen LogP contribution in [0.2, 0.25) is 0 Å². The molecule has 18 heavy (non-hydrogen) atoms. The van der Waals surface area contributed by atoms with E-state index in [1.165, 1.54) is 12.1 Å². The predicted molar refractivity (Wildman–Crippen MR) is 75.6 cm³/mol. The molecule has 0 bridgehead atoms. The molecule has 0 radical (unpaired) electrons. The Labute approximate surface area is 118 Å². The minimum atomic E-state index is -0.440. The third-order valence-corrected chi connectivity index (χ3v) is 3.01. The number of non-ortho nitro benzene ring substituents is 1. The van der Waals surface area contributed by atoms with Gasteiger partial charge < -0.3 is 10.1 Å². The highest BCUT2D eigenvalue weighted by Crippen LogP contribution is 2.23. The first kappa shape index (κ1) is 14.7. The van der Waals surface area contributed by atoms with Gasteiger partial charge in [-0.15, -0.1) is 0 Å². The van der Waals surface area contributed by atoms with Gasteiger partial charge in [0.15, 0.2) is 0 Å². The van der Waals surface area contributed by atoms with Crippen molar-refractivity contribution in [3.05, 3.63) is 31.9 Å². The fraction of sp³-hybridized carbons (Fsp3) is 0.364. The maximum absolute atomic E-state index is 11.1. The standard InChI is InChI=1S/C11H13IN2O4/c1-2-18-11(15)5-6-13-10-4-3-8(14(16)17)7-9(10)12/h3-4,7,13H,2,5-6H2,1H3. The first-order valence-electron chi connectivity index (χ1n) is 5.38. The highest BCUT2D eigenvalue weighted by molar-refractivity contribution is 14.1. The Balaban J connectivity index is 2.53. The summed E-state index contributed by atoms with van der Waals surface area (Å²) in [4.78, 5) is 21.2. The largest absolute Gasteiger partial charge is 0.466 e. The van der Waals surface area contributed by atoms with Gasteiger partial charge in [-0.25, -0.2) is 0 Å². The Morgan fingerprint density at radius 1 is 1.56 bits per heavy atom. The molecule has 1 aromatic carbocycles. The van der Waals surface area contributed by atoms with Gasteiger partial charge in [-0.1, -0.05) is 0 Å². The summed E-state index contributed by atoms with van der Waals surface area (Å²) < 4.78 is 5.53. The summed E-state index contributed by atoms with van der Waals surface area (Å²) in [5.74, 6) is -0.262. The van der Waals surface area contributed by atoms with E-state index in [9.17, 15) is 14.9 Å². The van der Waals surface area contributed by atoms with E-state index in [-0.39, 0.29) is 18.1 Å². The van der Waals surface area contributed by atoms with Crippen molar-refractivity contribution < 1.29 is 14.5 Å². The number of hydrogen-bond donors (Lipinski definition) is 1. The highest BCUT2D eigenvalue weighted by atomic mass is 127. The van der Waals surface area contributed by atoms with Gasteiger partial charge in [0.25, 0.3) is 5.69 Å². The van der Waals surface area contributed by atoms with Gasteiger partial charge in [0.2, 0.25) is 0 Å². The van der Waals surface area contributed by atoms with Gasteiger partial charge in [0, 0.05) is 27.9 Å². The first-order valence-corrected chi connectivity index (χ1v) is 6.46. The number of nitro benzene ring substituents is 1. The number of halogens is 1. The van der Waals surface area contributed by atoms with Crippen LogP contribution in [0.15, 0.2) is 18.2 Å². The zero-order valence-electron chi connectivity index (χ0n) is 9.81. The van der Waals surface area contributed by atoms with Crippen LogP contribution >= 0.6 is 22.6 Å². The fourth-order valence-electron chi connectivity index (χ4n) is 1.29. The van der Waals surface area contributed by atoms with E-state index in [2.05, 4.69) is 5.32 Å². The number of nitro groups is 1. The molecule has 0 saturated carbocycles. The van der Waals surface area contributed by atoms with E-state index in [1.807, 2.05) is 22.6 Å². The van der Waals surface area contributed by atoms with Gasteiger partial charge in [-0.3, -0.25) is 14.9 Å². The molecule has 0 saturated heterocycles. The molecule has 0 spiro atoms. The van der Waals surface area contributed by atoms with Crippen molar-refractivity contribution in [2.45, 2.75) is 13.3 Å². The maximum atomic E-state index is 11.1. The molecule has 0 aliphatic heterocycles. The fourth-order valence-corrected chi connectivity index (χ4v) is 1.98. The molecule has 0 fully saturated rings. The lowest BCUT2D eigenvalue weighted by molar-refractivity contribution is -0.384. The minimum absolute atomic E-state index is 0.0512. The highest BCUT2D eigenvalue weighted by Gasteiger charge is 2.09. The van der Waals surface area contributed by atoms with E-state index in [4.69, 9.17) is 4.74 Å². The zero-order valence-corrected chi connectivity index (χ0v) is 12.0. The van der Waals surface area contributed by atoms with Crippen molar-refractivity contribution in [1.82, 2.24) is 0 Å². The number of rotatable bonds is 6. The third-order valence-electron chi connectivity index (χ3n) is 2.11. The van der Waals surface area contributed by atoms with Crippen LogP contribution in [0.25, 0.3) is 0 Å². The van der Waals surface area contributed by atoms with Gasteiger partial charge in [-0.2, -0.15) is 0 Å². The van der Waals surface area contributed by atoms with Gasteiger partial charge in [-0.05, 0) is 35.6 Å². The average molecular weight is 364 g/mol. The summed E-state index contributed by atoms with van der Waals surface area (Å²) in [7, 11) is 0. The Kier molecular flexibility index (Phi) is 5.83. The molecule has 0 aromatic heterocycles.